The summed E-state index contributed by atoms with van der Waals surface area (Å²) in [6.45, 7) is 12.2. The molecule has 0 spiro atoms. The first-order valence-corrected chi connectivity index (χ1v) is 43.5. The third kappa shape index (κ3) is 17.5. The molecule has 5 aliphatic carbocycles. The van der Waals surface area contributed by atoms with E-state index in [9.17, 15) is 122 Å². The average Bonchev–Trinajstić information content (AvgIpc) is 0.781. The summed E-state index contributed by atoms with van der Waals surface area (Å²) in [5, 5.41) is 246. The summed E-state index contributed by atoms with van der Waals surface area (Å²) in [4.78, 5) is 44.4. The van der Waals surface area contributed by atoms with Crippen molar-refractivity contribution >= 4 is 18.2 Å². The Balaban J connectivity index is 0.772. The Morgan fingerprint density at radius 2 is 0.937 bits per heavy atom. The van der Waals surface area contributed by atoms with Gasteiger partial charge in [0.05, 0.1) is 82.2 Å². The van der Waals surface area contributed by atoms with E-state index in [2.05, 4.69) is 26.8 Å². The third-order valence-electron chi connectivity index (χ3n) is 30.7. The number of ether oxygens (including phenoxy) is 19. The van der Waals surface area contributed by atoms with E-state index in [1.165, 1.54) is 20.8 Å². The maximum atomic E-state index is 16.6. The Labute approximate surface area is 725 Å². The molecule has 0 aromatic heterocycles. The quantitative estimate of drug-likeness (QED) is 0.0195. The van der Waals surface area contributed by atoms with Gasteiger partial charge in [0.2, 0.25) is 6.29 Å². The largest absolute Gasteiger partial charge is 0.457 e. The number of rotatable bonds is 23. The van der Waals surface area contributed by atoms with Crippen LogP contribution in [0.1, 0.15) is 127 Å². The highest BCUT2D eigenvalue weighted by Gasteiger charge is 2.74. The molecule has 9 aliphatic heterocycles. The van der Waals surface area contributed by atoms with Gasteiger partial charge >= 0.3 is 11.9 Å². The first-order chi connectivity index (χ1) is 59.2. The minimum Gasteiger partial charge on any atom is -0.457 e. The summed E-state index contributed by atoms with van der Waals surface area (Å²) in [6, 6.07) is 0. The lowest BCUT2D eigenvalue weighted by molar-refractivity contribution is -0.404. The fourth-order valence-corrected chi connectivity index (χ4v) is 23.0. The van der Waals surface area contributed by atoms with E-state index in [0.717, 1.165) is 18.8 Å². The Kier molecular flexibility index (Phi) is 29.6. The summed E-state index contributed by atoms with van der Waals surface area (Å²) in [5.41, 5.74) is -7.45. The monoisotopic (exact) mass is 1820 g/mol. The molecular formula is C82H130O44. The Morgan fingerprint density at radius 1 is 0.444 bits per heavy atom. The van der Waals surface area contributed by atoms with Crippen molar-refractivity contribution in [3.05, 3.63) is 11.6 Å². The molecule has 722 valence electrons. The van der Waals surface area contributed by atoms with Crippen LogP contribution in [0, 0.1) is 50.2 Å². The number of carbonyl (C=O) groups excluding carboxylic acids is 3. The number of hydrogen-bond donors (Lipinski definition) is 22. The number of carbonyl (C=O) groups is 3. The maximum absolute atomic E-state index is 16.6. The van der Waals surface area contributed by atoms with Crippen LogP contribution in [0.25, 0.3) is 0 Å². The van der Waals surface area contributed by atoms with Crippen molar-refractivity contribution in [1.82, 2.24) is 0 Å². The highest BCUT2D eigenvalue weighted by molar-refractivity contribution is 5.80. The van der Waals surface area contributed by atoms with Crippen LogP contribution < -0.4 is 0 Å². The first-order valence-electron chi connectivity index (χ1n) is 43.5. The van der Waals surface area contributed by atoms with Crippen LogP contribution in [0.5, 0.6) is 0 Å². The molecule has 14 aliphatic rings. The van der Waals surface area contributed by atoms with Crippen molar-refractivity contribution < 1.29 is 217 Å². The molecule has 126 heavy (non-hydrogen) atoms. The number of aldehydes is 1. The van der Waals surface area contributed by atoms with Gasteiger partial charge in [0.25, 0.3) is 0 Å². The van der Waals surface area contributed by atoms with Crippen LogP contribution >= 0.6 is 0 Å². The molecule has 4 saturated carbocycles. The molecule has 13 fully saturated rings. The van der Waals surface area contributed by atoms with Gasteiger partial charge < -0.3 is 207 Å². The number of aliphatic hydroxyl groups excluding tert-OH is 21. The molecule has 14 rings (SSSR count). The summed E-state index contributed by atoms with van der Waals surface area (Å²) in [6.07, 6.45) is -69.0. The van der Waals surface area contributed by atoms with Gasteiger partial charge in [-0.15, -0.1) is 0 Å². The van der Waals surface area contributed by atoms with Gasteiger partial charge in [0, 0.05) is 6.92 Å². The summed E-state index contributed by atoms with van der Waals surface area (Å²) in [7, 11) is 0. The molecule has 50 atom stereocenters. The molecule has 18 unspecified atom stereocenters. The van der Waals surface area contributed by atoms with E-state index in [1.807, 2.05) is 13.8 Å². The topological polar surface area (TPSA) is 672 Å². The van der Waals surface area contributed by atoms with Gasteiger partial charge in [0.1, 0.15) is 170 Å². The third-order valence-corrected chi connectivity index (χ3v) is 30.7. The van der Waals surface area contributed by atoms with Crippen LogP contribution in [-0.2, 0) is 104 Å². The smallest absolute Gasteiger partial charge is 0.317 e. The number of fused-ring (bicyclic) bond motifs is 7. The molecule has 9 heterocycles. The highest BCUT2D eigenvalue weighted by atomic mass is 16.8. The van der Waals surface area contributed by atoms with Crippen LogP contribution in [0.15, 0.2) is 11.6 Å². The summed E-state index contributed by atoms with van der Waals surface area (Å²) in [5.74, 6) is -3.51. The molecule has 0 aromatic carbocycles. The molecule has 0 radical (unpaired) electrons. The minimum absolute atomic E-state index is 0.00455. The van der Waals surface area contributed by atoms with Gasteiger partial charge in [-0.2, -0.15) is 0 Å². The lowest BCUT2D eigenvalue weighted by Crippen LogP contribution is -2.69. The fourth-order valence-electron chi connectivity index (χ4n) is 23.0. The second-order valence-corrected chi connectivity index (χ2v) is 39.0. The Bertz CT molecular complexity index is 3740. The second-order valence-electron chi connectivity index (χ2n) is 39.0. The maximum Gasteiger partial charge on any atom is 0.317 e. The van der Waals surface area contributed by atoms with Crippen molar-refractivity contribution in [1.29, 1.82) is 0 Å². The molecule has 44 nitrogen and oxygen atoms in total. The van der Waals surface area contributed by atoms with Gasteiger partial charge in [-0.05, 0) is 118 Å². The molecule has 0 amide bonds. The zero-order valence-electron chi connectivity index (χ0n) is 71.7. The first kappa shape index (κ1) is 98.8. The molecular weight excluding hydrogens is 1690 g/mol. The van der Waals surface area contributed by atoms with Crippen LogP contribution in [0.4, 0.5) is 0 Å². The molecule has 44 heteroatoms. The SMILES string of the molecule is CC(=O)O[C@H]1C(C)O[C@@H](OC(=O)[C@]23CCC(C)(C)CC2C2=CCC4C5(C)CC[C@H](O[C@@H]6OC[C@@H](O)[C@H](O[C@@H]7OC[C@@H](O)[C@H](O)C7O)C6O[C@@H]6OC(CO)[C@H](O)[C@H](O)C6O)[C@](C)(C=O)[C@@H]5CC[C@]4(C)[C@]2(C)CC3O)[C@H](O[C@@H]2OC(C)[C@H](O[C@@H]3OC[C@@H](O)C(O[C@@H]4OCC(O)(CO)[C@@H]4O)[C@H]3O)C(O[C@@H]3OC(CO)[C@@H](O)C(O)[C@H]3O)[C@@H]2O)C1O[C@@H]1OC(C)[C@H](O)[C@H](O)C1O. The van der Waals surface area contributed by atoms with Crippen LogP contribution in [-0.4, -0.2) is 434 Å². The second kappa shape index (κ2) is 37.8. The van der Waals surface area contributed by atoms with Gasteiger partial charge in [-0.3, -0.25) is 9.59 Å². The lowest BCUT2D eigenvalue weighted by atomic mass is 9.33. The lowest BCUT2D eigenvalue weighted by Gasteiger charge is -2.71. The average molecular weight is 1820 g/mol. The number of allylic oxidation sites excluding steroid dienone is 2. The summed E-state index contributed by atoms with van der Waals surface area (Å²) < 4.78 is 117. The molecule has 0 aromatic rings. The number of esters is 2. The van der Waals surface area contributed by atoms with Gasteiger partial charge in [-0.25, -0.2) is 0 Å². The van der Waals surface area contributed by atoms with Crippen molar-refractivity contribution in [2.75, 3.05) is 46.2 Å². The summed E-state index contributed by atoms with van der Waals surface area (Å²) >= 11 is 0. The van der Waals surface area contributed by atoms with E-state index in [4.69, 9.17) is 90.0 Å². The van der Waals surface area contributed by atoms with E-state index >= 15 is 4.79 Å². The van der Waals surface area contributed by atoms with Crippen LogP contribution in [0.2, 0.25) is 0 Å². The van der Waals surface area contributed by atoms with E-state index in [0.29, 0.717) is 38.5 Å². The molecule has 0 bridgehead atoms. The number of hydrogen-bond acceptors (Lipinski definition) is 44. The zero-order chi connectivity index (χ0) is 91.8. The minimum atomic E-state index is -2.34. The van der Waals surface area contributed by atoms with Crippen molar-refractivity contribution in [3.8, 4) is 0 Å². The van der Waals surface area contributed by atoms with Gasteiger partial charge in [-0.1, -0.05) is 53.2 Å². The fraction of sp³-hybridized carbons (Fsp3) is 0.939. The highest BCUT2D eigenvalue weighted by Crippen LogP contribution is 2.76. The predicted molar refractivity (Wildman–Crippen MR) is 409 cm³/mol. The standard InChI is InChI=1S/C82H130O44/c1-29-44(92)48(96)52(100)68(112-29)123-62-58(115-32(4)87)31(3)114-73(64(62)125-71-56(104)61(122-69-53(101)49(97)46(94)38(21-83)116-69)57(30(2)113-71)119-67-55(103)59(36(89)24-109-67)120-74-65(105)81(107,27-86)28-111-74)126-75(106)82-18-17-76(5,6)19-34(82)33-11-12-41-77(7)15-14-43(78(8,26-85)40(77)13-16-79(41,9)80(33,10)20-42(82)91)118-72-63(124-70-54(102)50(98)47(95)39(22-84)117-70)60(37(90)25-110-72)121-66-51(99)45(93)35(88)23-108-66/h11,26,29-31,34-74,83-84,86,88-105,107H,12-25,27-28H2,1-10H3/t29?,30?,31?,34?,35-,36-,37-,38?,39?,40-,41?,42?,43+,44+,45+,46-,47+,48+,49?,50+,51?,52?,53-,54?,55-,56+,57+,58+,59?,60+,61?,62?,63?,64-,65-,66+,67+,68+,69+,70+,71+,72+,73+,74+,77?,78-,79+,80-,81?,82-/m1/s1. The van der Waals surface area contributed by atoms with Crippen LogP contribution in [0.3, 0.4) is 0 Å². The van der Waals surface area contributed by atoms with E-state index in [1.54, 1.807) is 6.92 Å². The van der Waals surface area contributed by atoms with Crippen molar-refractivity contribution in [3.63, 3.8) is 0 Å². The van der Waals surface area contributed by atoms with E-state index in [-0.39, 0.29) is 25.2 Å². The molecule has 22 N–H and O–H groups in total. The Hall–Kier alpha value is -3.21. The van der Waals surface area contributed by atoms with E-state index < -0.39 is 360 Å². The van der Waals surface area contributed by atoms with Crippen molar-refractivity contribution in [2.45, 2.75) is 385 Å². The zero-order valence-corrected chi connectivity index (χ0v) is 71.7. The predicted octanol–water partition coefficient (Wildman–Crippen LogP) is -8.55. The normalized spacial score (nSPS) is 54.6. The van der Waals surface area contributed by atoms with Gasteiger partial charge in [0.15, 0.2) is 62.5 Å². The van der Waals surface area contributed by atoms with Crippen molar-refractivity contribution in [2.24, 2.45) is 50.2 Å². The molecule has 9 saturated heterocycles. The Morgan fingerprint density at radius 3 is 1.53 bits per heavy atom. The number of aliphatic hydroxyl groups is 22.